The minimum absolute atomic E-state index is 0.123. The van der Waals surface area contributed by atoms with Crippen LogP contribution in [0, 0.1) is 11.3 Å². The molecule has 1 atom stereocenters. The van der Waals surface area contributed by atoms with Crippen molar-refractivity contribution in [2.45, 2.75) is 25.8 Å². The van der Waals surface area contributed by atoms with E-state index < -0.39 is 0 Å². The third kappa shape index (κ3) is 4.53. The van der Waals surface area contributed by atoms with Crippen molar-refractivity contribution in [3.8, 4) is 6.07 Å². The predicted octanol–water partition coefficient (Wildman–Crippen LogP) is 2.25. The van der Waals surface area contributed by atoms with Crippen molar-refractivity contribution < 1.29 is 4.79 Å². The van der Waals surface area contributed by atoms with E-state index in [9.17, 15) is 4.79 Å². The SMILES string of the molecule is CC(CCCBr)NC(=O)c1ccc(C#N)cn1. The molecule has 0 fully saturated rings. The maximum absolute atomic E-state index is 11.7. The number of alkyl halides is 1. The first-order chi connectivity index (χ1) is 8.17. The summed E-state index contributed by atoms with van der Waals surface area (Å²) in [5.74, 6) is -0.198. The molecule has 0 aromatic carbocycles. The Morgan fingerprint density at radius 3 is 2.94 bits per heavy atom. The first kappa shape index (κ1) is 13.7. The molecule has 90 valence electrons. The Kier molecular flexibility index (Phi) is 5.64. The van der Waals surface area contributed by atoms with Gasteiger partial charge in [-0.15, -0.1) is 0 Å². The number of hydrogen-bond donors (Lipinski definition) is 1. The van der Waals surface area contributed by atoms with Crippen LogP contribution in [-0.4, -0.2) is 22.3 Å². The Morgan fingerprint density at radius 2 is 2.41 bits per heavy atom. The van der Waals surface area contributed by atoms with Crippen molar-refractivity contribution in [2.75, 3.05) is 5.33 Å². The third-order valence-electron chi connectivity index (χ3n) is 2.27. The summed E-state index contributed by atoms with van der Waals surface area (Å²) >= 11 is 3.35. The maximum Gasteiger partial charge on any atom is 0.270 e. The Hall–Kier alpha value is -1.41. The van der Waals surface area contributed by atoms with Crippen LogP contribution in [0.1, 0.15) is 35.8 Å². The van der Waals surface area contributed by atoms with Crippen LogP contribution in [0.4, 0.5) is 0 Å². The zero-order chi connectivity index (χ0) is 12.7. The molecule has 0 radical (unpaired) electrons. The lowest BCUT2D eigenvalue weighted by molar-refractivity contribution is 0.0933. The zero-order valence-corrected chi connectivity index (χ0v) is 11.2. The average molecular weight is 296 g/mol. The number of rotatable bonds is 5. The second kappa shape index (κ2) is 7.02. The summed E-state index contributed by atoms with van der Waals surface area (Å²) < 4.78 is 0. The quantitative estimate of drug-likeness (QED) is 0.847. The van der Waals surface area contributed by atoms with Crippen LogP contribution >= 0.6 is 15.9 Å². The summed E-state index contributed by atoms with van der Waals surface area (Å²) in [4.78, 5) is 15.7. The molecule has 0 bridgehead atoms. The standard InChI is InChI=1S/C12H14BrN3O/c1-9(3-2-6-13)16-12(17)11-5-4-10(7-14)8-15-11/h4-5,8-9H,2-3,6H2,1H3,(H,16,17). The lowest BCUT2D eigenvalue weighted by Gasteiger charge is -2.12. The highest BCUT2D eigenvalue weighted by Gasteiger charge is 2.10. The van der Waals surface area contributed by atoms with Crippen LogP contribution in [0.15, 0.2) is 18.3 Å². The molecule has 1 unspecified atom stereocenters. The van der Waals surface area contributed by atoms with E-state index in [0.29, 0.717) is 11.3 Å². The molecule has 4 nitrogen and oxygen atoms in total. The molecule has 0 aliphatic carbocycles. The largest absolute Gasteiger partial charge is 0.348 e. The van der Waals surface area contributed by atoms with Gasteiger partial charge in [-0.3, -0.25) is 4.79 Å². The van der Waals surface area contributed by atoms with Crippen molar-refractivity contribution in [3.05, 3.63) is 29.6 Å². The number of nitrogens with one attached hydrogen (secondary N) is 1. The normalized spacial score (nSPS) is 11.6. The molecule has 1 aromatic rings. The summed E-state index contributed by atoms with van der Waals surface area (Å²) in [6, 6.07) is 5.23. The van der Waals surface area contributed by atoms with Gasteiger partial charge < -0.3 is 5.32 Å². The lowest BCUT2D eigenvalue weighted by atomic mass is 10.2. The van der Waals surface area contributed by atoms with Crippen LogP contribution < -0.4 is 5.32 Å². The monoisotopic (exact) mass is 295 g/mol. The predicted molar refractivity (Wildman–Crippen MR) is 68.9 cm³/mol. The summed E-state index contributed by atoms with van der Waals surface area (Å²) in [5, 5.41) is 12.4. The first-order valence-electron chi connectivity index (χ1n) is 5.40. The van der Waals surface area contributed by atoms with Crippen molar-refractivity contribution in [2.24, 2.45) is 0 Å². The maximum atomic E-state index is 11.7. The highest BCUT2D eigenvalue weighted by atomic mass is 79.9. The zero-order valence-electron chi connectivity index (χ0n) is 9.61. The van der Waals surface area contributed by atoms with Crippen LogP contribution in [0.5, 0.6) is 0 Å². The second-order valence-electron chi connectivity index (χ2n) is 3.75. The minimum Gasteiger partial charge on any atom is -0.348 e. The van der Waals surface area contributed by atoms with Gasteiger partial charge in [-0.05, 0) is 31.9 Å². The number of amides is 1. The lowest BCUT2D eigenvalue weighted by Crippen LogP contribution is -2.33. The van der Waals surface area contributed by atoms with E-state index in [1.807, 2.05) is 13.0 Å². The Morgan fingerprint density at radius 1 is 1.65 bits per heavy atom. The molecular weight excluding hydrogens is 282 g/mol. The van der Waals surface area contributed by atoms with Gasteiger partial charge in [-0.2, -0.15) is 5.26 Å². The molecule has 1 aromatic heterocycles. The van der Waals surface area contributed by atoms with Crippen molar-refractivity contribution in [3.63, 3.8) is 0 Å². The minimum atomic E-state index is -0.198. The van der Waals surface area contributed by atoms with E-state index in [1.165, 1.54) is 6.20 Å². The van der Waals surface area contributed by atoms with Gasteiger partial charge in [0.05, 0.1) is 5.56 Å². The fourth-order valence-corrected chi connectivity index (χ4v) is 1.67. The molecule has 0 aliphatic heterocycles. The van der Waals surface area contributed by atoms with Gasteiger partial charge in [0.15, 0.2) is 0 Å². The van der Waals surface area contributed by atoms with E-state index >= 15 is 0 Å². The number of nitriles is 1. The molecule has 1 amide bonds. The van der Waals surface area contributed by atoms with E-state index in [0.717, 1.165) is 18.2 Å². The molecule has 0 spiro atoms. The first-order valence-corrected chi connectivity index (χ1v) is 6.52. The Bertz CT molecular complexity index is 411. The van der Waals surface area contributed by atoms with Crippen LogP contribution in [0.2, 0.25) is 0 Å². The summed E-state index contributed by atoms with van der Waals surface area (Å²) in [6.45, 7) is 1.96. The summed E-state index contributed by atoms with van der Waals surface area (Å²) in [5.41, 5.74) is 0.795. The van der Waals surface area contributed by atoms with Gasteiger partial charge in [0.2, 0.25) is 0 Å². The number of carbonyl (C=O) groups excluding carboxylic acids is 1. The van der Waals surface area contributed by atoms with Crippen molar-refractivity contribution >= 4 is 21.8 Å². The van der Waals surface area contributed by atoms with E-state index in [-0.39, 0.29) is 11.9 Å². The van der Waals surface area contributed by atoms with E-state index in [2.05, 4.69) is 26.2 Å². The molecule has 17 heavy (non-hydrogen) atoms. The van der Waals surface area contributed by atoms with Crippen LogP contribution in [0.3, 0.4) is 0 Å². The Labute approximate surface area is 109 Å². The fourth-order valence-electron chi connectivity index (χ4n) is 1.35. The topological polar surface area (TPSA) is 65.8 Å². The molecule has 1 N–H and O–H groups in total. The van der Waals surface area contributed by atoms with Crippen molar-refractivity contribution in [1.82, 2.24) is 10.3 Å². The number of aromatic nitrogens is 1. The molecule has 0 saturated heterocycles. The number of carbonyl (C=O) groups is 1. The number of halogens is 1. The average Bonchev–Trinajstić information content (AvgIpc) is 2.36. The van der Waals surface area contributed by atoms with Gasteiger partial charge in [0.25, 0.3) is 5.91 Å². The number of nitrogens with zero attached hydrogens (tertiary/aromatic N) is 2. The van der Waals surface area contributed by atoms with Gasteiger partial charge in [-0.25, -0.2) is 4.98 Å². The van der Waals surface area contributed by atoms with Crippen LogP contribution in [-0.2, 0) is 0 Å². The molecule has 1 rings (SSSR count). The van der Waals surface area contributed by atoms with Gasteiger partial charge in [0.1, 0.15) is 11.8 Å². The van der Waals surface area contributed by atoms with Crippen molar-refractivity contribution in [1.29, 1.82) is 5.26 Å². The summed E-state index contributed by atoms with van der Waals surface area (Å²) in [6.07, 6.45) is 3.34. The van der Waals surface area contributed by atoms with Crippen LogP contribution in [0.25, 0.3) is 0 Å². The van der Waals surface area contributed by atoms with E-state index in [4.69, 9.17) is 5.26 Å². The van der Waals surface area contributed by atoms with Gasteiger partial charge >= 0.3 is 0 Å². The number of pyridine rings is 1. The van der Waals surface area contributed by atoms with Gasteiger partial charge in [-0.1, -0.05) is 15.9 Å². The third-order valence-corrected chi connectivity index (χ3v) is 2.83. The second-order valence-corrected chi connectivity index (χ2v) is 4.54. The highest BCUT2D eigenvalue weighted by molar-refractivity contribution is 9.09. The molecule has 1 heterocycles. The Balaban J connectivity index is 2.54. The molecule has 0 aliphatic rings. The molecule has 0 saturated carbocycles. The van der Waals surface area contributed by atoms with E-state index in [1.54, 1.807) is 12.1 Å². The fraction of sp³-hybridized carbons (Fsp3) is 0.417. The van der Waals surface area contributed by atoms with Gasteiger partial charge in [0, 0.05) is 17.6 Å². The highest BCUT2D eigenvalue weighted by Crippen LogP contribution is 2.02. The smallest absolute Gasteiger partial charge is 0.270 e. The summed E-state index contributed by atoms with van der Waals surface area (Å²) in [7, 11) is 0. The number of hydrogen-bond acceptors (Lipinski definition) is 3. The molecule has 5 heteroatoms. The molecular formula is C12H14BrN3O.